The van der Waals surface area contributed by atoms with E-state index in [9.17, 15) is 22.8 Å². The lowest BCUT2D eigenvalue weighted by Gasteiger charge is -2.28. The SMILES string of the molecule is Cl.Cl.O=C(Nc1ccc(-c2ccc(=O)[nH]c2)cc1)Nc1ccc(CN2CCNCC2)c(C(F)(F)F)c1. The second-order valence-corrected chi connectivity index (χ2v) is 7.99. The number of hydrogen-bond acceptors (Lipinski definition) is 4. The highest BCUT2D eigenvalue weighted by Crippen LogP contribution is 2.34. The third-order valence-electron chi connectivity index (χ3n) is 5.54. The van der Waals surface area contributed by atoms with Crippen LogP contribution in [0.5, 0.6) is 0 Å². The van der Waals surface area contributed by atoms with Crippen LogP contribution in [-0.2, 0) is 12.7 Å². The number of carbonyl (C=O) groups excluding carboxylic acids is 1. The van der Waals surface area contributed by atoms with Gasteiger partial charge in [-0.15, -0.1) is 24.8 Å². The fraction of sp³-hybridized carbons (Fsp3) is 0.250. The van der Waals surface area contributed by atoms with Gasteiger partial charge in [-0.25, -0.2) is 4.79 Å². The van der Waals surface area contributed by atoms with Crippen LogP contribution in [0.1, 0.15) is 11.1 Å². The van der Waals surface area contributed by atoms with E-state index in [1.807, 2.05) is 4.90 Å². The number of carbonyl (C=O) groups is 1. The number of anilines is 2. The van der Waals surface area contributed by atoms with E-state index in [-0.39, 0.29) is 48.2 Å². The van der Waals surface area contributed by atoms with Crippen LogP contribution in [0.25, 0.3) is 11.1 Å². The van der Waals surface area contributed by atoms with Crippen LogP contribution in [0.2, 0.25) is 0 Å². The molecule has 0 bridgehead atoms. The zero-order chi connectivity index (χ0) is 24.1. The van der Waals surface area contributed by atoms with Gasteiger partial charge in [-0.3, -0.25) is 9.69 Å². The van der Waals surface area contributed by atoms with Gasteiger partial charge in [-0.2, -0.15) is 13.2 Å². The molecule has 0 spiro atoms. The lowest BCUT2D eigenvalue weighted by Crippen LogP contribution is -2.43. The minimum absolute atomic E-state index is 0. The molecule has 0 aliphatic carbocycles. The molecule has 7 nitrogen and oxygen atoms in total. The van der Waals surface area contributed by atoms with Gasteiger partial charge in [0.2, 0.25) is 5.56 Å². The van der Waals surface area contributed by atoms with Crippen LogP contribution in [-0.4, -0.2) is 42.1 Å². The van der Waals surface area contributed by atoms with Crippen molar-refractivity contribution >= 4 is 42.2 Å². The van der Waals surface area contributed by atoms with Gasteiger partial charge in [0.1, 0.15) is 0 Å². The number of nitrogens with zero attached hydrogens (tertiary/aromatic N) is 1. The van der Waals surface area contributed by atoms with Gasteiger partial charge in [0.25, 0.3) is 0 Å². The summed E-state index contributed by atoms with van der Waals surface area (Å²) in [6.07, 6.45) is -2.95. The van der Waals surface area contributed by atoms with Gasteiger partial charge in [0.15, 0.2) is 0 Å². The Hall–Kier alpha value is -3.05. The predicted molar refractivity (Wildman–Crippen MR) is 139 cm³/mol. The average molecular weight is 544 g/mol. The summed E-state index contributed by atoms with van der Waals surface area (Å²) in [6, 6.07) is 13.2. The zero-order valence-electron chi connectivity index (χ0n) is 19.0. The summed E-state index contributed by atoms with van der Waals surface area (Å²) in [5, 5.41) is 8.26. The van der Waals surface area contributed by atoms with Crippen molar-refractivity contribution in [3.63, 3.8) is 0 Å². The number of hydrogen-bond donors (Lipinski definition) is 4. The zero-order valence-corrected chi connectivity index (χ0v) is 20.7. The quantitative estimate of drug-likeness (QED) is 0.366. The number of amides is 2. The number of pyridine rings is 1. The molecule has 12 heteroatoms. The Kier molecular flexibility index (Phi) is 10.4. The standard InChI is InChI=1S/C24H24F3N5O2.2ClH/c25-24(26,27)21-13-20(7-3-18(21)15-32-11-9-28-10-12-32)31-23(34)30-19-5-1-16(2-6-19)17-4-8-22(33)29-14-17;;/h1-8,13-14,28H,9-12,15H2,(H,29,33)(H2,30,31,34);2*1H. The van der Waals surface area contributed by atoms with Crippen molar-refractivity contribution in [2.45, 2.75) is 12.7 Å². The number of urea groups is 1. The second-order valence-electron chi connectivity index (χ2n) is 7.99. The normalized spacial score (nSPS) is 13.8. The van der Waals surface area contributed by atoms with E-state index in [2.05, 4.69) is 20.9 Å². The molecule has 2 amide bonds. The molecule has 0 saturated carbocycles. The van der Waals surface area contributed by atoms with Crippen LogP contribution in [0, 0.1) is 0 Å². The summed E-state index contributed by atoms with van der Waals surface area (Å²) in [5.74, 6) is 0. The smallest absolute Gasteiger partial charge is 0.328 e. The van der Waals surface area contributed by atoms with E-state index in [1.54, 1.807) is 36.5 Å². The Labute approximate surface area is 218 Å². The first-order valence-electron chi connectivity index (χ1n) is 10.8. The molecule has 2 aromatic carbocycles. The van der Waals surface area contributed by atoms with Gasteiger partial charge in [-0.05, 0) is 47.0 Å². The molecule has 1 aliphatic heterocycles. The minimum Gasteiger partial charge on any atom is -0.328 e. The molecule has 1 fully saturated rings. The average Bonchev–Trinajstić information content (AvgIpc) is 2.81. The summed E-state index contributed by atoms with van der Waals surface area (Å²) in [6.45, 7) is 3.05. The van der Waals surface area contributed by atoms with Gasteiger partial charge in [-0.1, -0.05) is 18.2 Å². The van der Waals surface area contributed by atoms with Crippen molar-refractivity contribution in [2.75, 3.05) is 36.8 Å². The monoisotopic (exact) mass is 543 g/mol. The first-order valence-corrected chi connectivity index (χ1v) is 10.8. The van der Waals surface area contributed by atoms with Crippen LogP contribution in [0.15, 0.2) is 65.6 Å². The molecule has 0 atom stereocenters. The summed E-state index contributed by atoms with van der Waals surface area (Å²) in [5.41, 5.74) is 1.38. The molecule has 1 aliphatic rings. The number of aromatic nitrogens is 1. The Bertz CT molecular complexity index is 1190. The Morgan fingerprint density at radius 2 is 1.50 bits per heavy atom. The molecular weight excluding hydrogens is 518 g/mol. The first-order chi connectivity index (χ1) is 16.3. The van der Waals surface area contributed by atoms with Crippen molar-refractivity contribution in [1.82, 2.24) is 15.2 Å². The third-order valence-corrected chi connectivity index (χ3v) is 5.54. The van der Waals surface area contributed by atoms with E-state index in [0.717, 1.165) is 30.3 Å². The summed E-state index contributed by atoms with van der Waals surface area (Å²) in [4.78, 5) is 28.1. The number of halogens is 5. The van der Waals surface area contributed by atoms with Crippen molar-refractivity contribution in [2.24, 2.45) is 0 Å². The van der Waals surface area contributed by atoms with Crippen molar-refractivity contribution in [1.29, 1.82) is 0 Å². The Morgan fingerprint density at radius 3 is 2.11 bits per heavy atom. The molecule has 194 valence electrons. The molecule has 1 aromatic heterocycles. The number of benzene rings is 2. The van der Waals surface area contributed by atoms with Gasteiger partial charge in [0.05, 0.1) is 5.56 Å². The molecule has 2 heterocycles. The molecule has 4 N–H and O–H groups in total. The largest absolute Gasteiger partial charge is 0.416 e. The highest BCUT2D eigenvalue weighted by molar-refractivity contribution is 6.00. The molecule has 4 rings (SSSR count). The van der Waals surface area contributed by atoms with E-state index < -0.39 is 17.8 Å². The topological polar surface area (TPSA) is 89.3 Å². The van der Waals surface area contributed by atoms with Crippen LogP contribution >= 0.6 is 24.8 Å². The Balaban J connectivity index is 0.00000228. The lowest BCUT2D eigenvalue weighted by atomic mass is 10.0. The summed E-state index contributed by atoms with van der Waals surface area (Å²) >= 11 is 0. The van der Waals surface area contributed by atoms with Crippen molar-refractivity contribution < 1.29 is 18.0 Å². The maximum absolute atomic E-state index is 13.7. The predicted octanol–water partition coefficient (Wildman–Crippen LogP) is 4.95. The van der Waals surface area contributed by atoms with Gasteiger partial charge in [0, 0.05) is 56.4 Å². The number of H-pyrrole nitrogens is 1. The molecule has 1 saturated heterocycles. The maximum Gasteiger partial charge on any atom is 0.416 e. The second kappa shape index (κ2) is 12.8. The third kappa shape index (κ3) is 7.72. The highest BCUT2D eigenvalue weighted by Gasteiger charge is 2.34. The maximum atomic E-state index is 13.7. The number of alkyl halides is 3. The van der Waals surface area contributed by atoms with E-state index in [1.165, 1.54) is 18.2 Å². The number of aromatic amines is 1. The van der Waals surface area contributed by atoms with Crippen LogP contribution in [0.4, 0.5) is 29.3 Å². The van der Waals surface area contributed by atoms with E-state index >= 15 is 0 Å². The van der Waals surface area contributed by atoms with Gasteiger partial charge < -0.3 is 20.9 Å². The van der Waals surface area contributed by atoms with E-state index in [0.29, 0.717) is 18.8 Å². The fourth-order valence-corrected chi connectivity index (χ4v) is 3.80. The summed E-state index contributed by atoms with van der Waals surface area (Å²) < 4.78 is 41.1. The molecular formula is C24H26Cl2F3N5O2. The number of nitrogens with one attached hydrogen (secondary N) is 4. The number of rotatable bonds is 5. The highest BCUT2D eigenvalue weighted by atomic mass is 35.5. The molecule has 36 heavy (non-hydrogen) atoms. The minimum atomic E-state index is -4.53. The van der Waals surface area contributed by atoms with Crippen molar-refractivity contribution in [3.8, 4) is 11.1 Å². The molecule has 0 radical (unpaired) electrons. The molecule has 0 unspecified atom stereocenters. The lowest BCUT2D eigenvalue weighted by molar-refractivity contribution is -0.138. The van der Waals surface area contributed by atoms with Gasteiger partial charge >= 0.3 is 12.2 Å². The van der Waals surface area contributed by atoms with Crippen LogP contribution in [0.3, 0.4) is 0 Å². The fourth-order valence-electron chi connectivity index (χ4n) is 3.80. The Morgan fingerprint density at radius 1 is 0.889 bits per heavy atom. The molecule has 3 aromatic rings. The number of piperazine rings is 1. The summed E-state index contributed by atoms with van der Waals surface area (Å²) in [7, 11) is 0. The van der Waals surface area contributed by atoms with E-state index in [4.69, 9.17) is 0 Å². The van der Waals surface area contributed by atoms with Crippen LogP contribution < -0.4 is 21.5 Å². The first kappa shape index (κ1) is 29.2. The van der Waals surface area contributed by atoms with Crippen molar-refractivity contribution in [3.05, 3.63) is 82.3 Å².